The average Bonchev–Trinajstić information content (AvgIpc) is 2.61. The first-order valence-corrected chi connectivity index (χ1v) is 7.70. The lowest BCUT2D eigenvalue weighted by atomic mass is 10.1. The molecular weight excluding hydrogens is 364 g/mol. The van der Waals surface area contributed by atoms with Crippen molar-refractivity contribution in [2.45, 2.75) is 6.36 Å². The molecule has 0 radical (unpaired) electrons. The predicted molar refractivity (Wildman–Crippen MR) is 90.7 cm³/mol. The van der Waals surface area contributed by atoms with Gasteiger partial charge in [0.15, 0.2) is 0 Å². The maximum absolute atomic E-state index is 12.9. The van der Waals surface area contributed by atoms with Crippen molar-refractivity contribution in [3.8, 4) is 17.0 Å². The second-order valence-corrected chi connectivity index (χ2v) is 5.44. The fraction of sp³-hybridized carbons (Fsp3) is 0.0526. The van der Waals surface area contributed by atoms with Gasteiger partial charge in [-0.3, -0.25) is 4.79 Å². The largest absolute Gasteiger partial charge is 0.573 e. The average molecular weight is 376 g/mol. The molecule has 0 bridgehead atoms. The molecule has 0 aliphatic heterocycles. The first kappa shape index (κ1) is 18.4. The van der Waals surface area contributed by atoms with Crippen LogP contribution in [0.5, 0.6) is 5.75 Å². The van der Waals surface area contributed by atoms with Gasteiger partial charge in [0, 0.05) is 11.1 Å². The van der Waals surface area contributed by atoms with Crippen molar-refractivity contribution in [2.75, 3.05) is 5.32 Å². The Morgan fingerprint density at radius 2 is 1.67 bits per heavy atom. The van der Waals surface area contributed by atoms with E-state index in [-0.39, 0.29) is 17.1 Å². The van der Waals surface area contributed by atoms with E-state index >= 15 is 0 Å². The van der Waals surface area contributed by atoms with Crippen molar-refractivity contribution in [1.82, 2.24) is 4.98 Å². The minimum absolute atomic E-state index is 0.198. The van der Waals surface area contributed by atoms with Gasteiger partial charge in [0.25, 0.3) is 5.91 Å². The van der Waals surface area contributed by atoms with Crippen LogP contribution in [0.25, 0.3) is 11.3 Å². The van der Waals surface area contributed by atoms with E-state index in [9.17, 15) is 22.4 Å². The van der Waals surface area contributed by atoms with E-state index in [4.69, 9.17) is 0 Å². The maximum Gasteiger partial charge on any atom is 0.573 e. The Bertz CT molecular complexity index is 956. The van der Waals surface area contributed by atoms with Crippen LogP contribution < -0.4 is 10.1 Å². The smallest absolute Gasteiger partial charge is 0.406 e. The van der Waals surface area contributed by atoms with E-state index in [1.165, 1.54) is 36.4 Å². The van der Waals surface area contributed by atoms with E-state index in [1.54, 1.807) is 18.2 Å². The number of anilines is 1. The second kappa shape index (κ2) is 7.45. The summed E-state index contributed by atoms with van der Waals surface area (Å²) < 4.78 is 53.9. The highest BCUT2D eigenvalue weighted by Crippen LogP contribution is 2.27. The highest BCUT2D eigenvalue weighted by atomic mass is 19.4. The van der Waals surface area contributed by atoms with Crippen LogP contribution in [0.1, 0.15) is 10.4 Å². The number of hydrogen-bond donors (Lipinski definition) is 1. The van der Waals surface area contributed by atoms with Gasteiger partial charge in [-0.1, -0.05) is 18.2 Å². The van der Waals surface area contributed by atoms with Crippen LogP contribution in [0.3, 0.4) is 0 Å². The third-order valence-corrected chi connectivity index (χ3v) is 3.46. The summed E-state index contributed by atoms with van der Waals surface area (Å²) in [5, 5.41) is 2.56. The van der Waals surface area contributed by atoms with Gasteiger partial charge in [0.05, 0.1) is 5.69 Å². The zero-order chi connectivity index (χ0) is 19.4. The van der Waals surface area contributed by atoms with Gasteiger partial charge in [0.1, 0.15) is 17.4 Å². The number of benzene rings is 2. The molecule has 3 aromatic rings. The molecule has 0 spiro atoms. The van der Waals surface area contributed by atoms with Crippen molar-refractivity contribution >= 4 is 11.7 Å². The maximum atomic E-state index is 12.9. The molecule has 4 nitrogen and oxygen atoms in total. The third kappa shape index (κ3) is 5.04. The number of rotatable bonds is 4. The molecule has 3 rings (SSSR count). The second-order valence-electron chi connectivity index (χ2n) is 5.44. The Morgan fingerprint density at radius 1 is 0.963 bits per heavy atom. The van der Waals surface area contributed by atoms with E-state index in [2.05, 4.69) is 15.0 Å². The van der Waals surface area contributed by atoms with Gasteiger partial charge in [-0.15, -0.1) is 13.2 Å². The Kier molecular flexibility index (Phi) is 5.07. The number of aromatic nitrogens is 1. The first-order chi connectivity index (χ1) is 12.8. The van der Waals surface area contributed by atoms with Gasteiger partial charge >= 0.3 is 6.36 Å². The van der Waals surface area contributed by atoms with Crippen LogP contribution in [0, 0.1) is 5.82 Å². The number of hydrogen-bond acceptors (Lipinski definition) is 3. The lowest BCUT2D eigenvalue weighted by Crippen LogP contribution is -2.17. The quantitative estimate of drug-likeness (QED) is 0.649. The zero-order valence-corrected chi connectivity index (χ0v) is 13.6. The number of pyridine rings is 1. The summed E-state index contributed by atoms with van der Waals surface area (Å²) in [6.07, 6.45) is -4.79. The van der Waals surface area contributed by atoms with Gasteiger partial charge in [-0.25, -0.2) is 9.37 Å². The summed E-state index contributed by atoms with van der Waals surface area (Å²) in [7, 11) is 0. The number of nitrogens with zero attached hydrogens (tertiary/aromatic N) is 1. The van der Waals surface area contributed by atoms with Crippen molar-refractivity contribution < 1.29 is 27.1 Å². The van der Waals surface area contributed by atoms with Crippen molar-refractivity contribution in [3.05, 3.63) is 78.1 Å². The van der Waals surface area contributed by atoms with Gasteiger partial charge < -0.3 is 10.1 Å². The van der Waals surface area contributed by atoms with Crippen molar-refractivity contribution in [3.63, 3.8) is 0 Å². The molecule has 138 valence electrons. The monoisotopic (exact) mass is 376 g/mol. The van der Waals surface area contributed by atoms with E-state index < -0.39 is 18.1 Å². The summed E-state index contributed by atoms with van der Waals surface area (Å²) in [6, 6.07) is 15.0. The molecule has 27 heavy (non-hydrogen) atoms. The summed E-state index contributed by atoms with van der Waals surface area (Å²) in [6.45, 7) is 0. The van der Waals surface area contributed by atoms with E-state index in [0.29, 0.717) is 11.3 Å². The fourth-order valence-corrected chi connectivity index (χ4v) is 2.31. The fourth-order valence-electron chi connectivity index (χ4n) is 2.31. The van der Waals surface area contributed by atoms with Crippen LogP contribution in [0.15, 0.2) is 66.7 Å². The summed E-state index contributed by atoms with van der Waals surface area (Å²) >= 11 is 0. The number of amides is 1. The highest BCUT2D eigenvalue weighted by molar-refractivity contribution is 6.03. The van der Waals surface area contributed by atoms with Crippen LogP contribution in [-0.4, -0.2) is 17.3 Å². The van der Waals surface area contributed by atoms with Gasteiger partial charge in [-0.05, 0) is 48.5 Å². The number of halogens is 4. The standard InChI is InChI=1S/C19H12F4N2O2/c20-14-9-7-12(8-10-14)18(26)25-17-6-2-5-16(24-17)13-3-1-4-15(11-13)27-19(21,22)23/h1-11H,(H,24,25,26). The minimum Gasteiger partial charge on any atom is -0.406 e. The van der Waals surface area contributed by atoms with Gasteiger partial charge in [-0.2, -0.15) is 0 Å². The molecule has 8 heteroatoms. The number of carbonyl (C=O) groups excluding carboxylic acids is 1. The molecule has 0 atom stereocenters. The lowest BCUT2D eigenvalue weighted by Gasteiger charge is -2.10. The molecule has 0 aliphatic carbocycles. The van der Waals surface area contributed by atoms with Crippen LogP contribution >= 0.6 is 0 Å². The Balaban J connectivity index is 1.80. The molecular formula is C19H12F4N2O2. The van der Waals surface area contributed by atoms with Crippen molar-refractivity contribution in [1.29, 1.82) is 0 Å². The number of carbonyl (C=O) groups is 1. The Labute approximate surface area is 151 Å². The lowest BCUT2D eigenvalue weighted by molar-refractivity contribution is -0.274. The van der Waals surface area contributed by atoms with Gasteiger partial charge in [0.2, 0.25) is 0 Å². The molecule has 1 amide bonds. The van der Waals surface area contributed by atoms with E-state index in [0.717, 1.165) is 12.1 Å². The molecule has 0 saturated carbocycles. The predicted octanol–water partition coefficient (Wildman–Crippen LogP) is 5.04. The van der Waals surface area contributed by atoms with Crippen LogP contribution in [0.2, 0.25) is 0 Å². The number of nitrogens with one attached hydrogen (secondary N) is 1. The van der Waals surface area contributed by atoms with E-state index in [1.807, 2.05) is 0 Å². The molecule has 1 aromatic heterocycles. The molecule has 0 saturated heterocycles. The number of alkyl halides is 3. The summed E-state index contributed by atoms with van der Waals surface area (Å²) in [5.41, 5.74) is 0.971. The normalized spacial score (nSPS) is 11.1. The zero-order valence-electron chi connectivity index (χ0n) is 13.6. The SMILES string of the molecule is O=C(Nc1cccc(-c2cccc(OC(F)(F)F)c2)n1)c1ccc(F)cc1. The highest BCUT2D eigenvalue weighted by Gasteiger charge is 2.31. The summed E-state index contributed by atoms with van der Waals surface area (Å²) in [4.78, 5) is 16.4. The first-order valence-electron chi connectivity index (χ1n) is 7.70. The Morgan fingerprint density at radius 3 is 2.37 bits per heavy atom. The Hall–Kier alpha value is -3.42. The van der Waals surface area contributed by atoms with Crippen LogP contribution in [-0.2, 0) is 0 Å². The molecule has 0 unspecified atom stereocenters. The molecule has 1 heterocycles. The minimum atomic E-state index is -4.79. The molecule has 1 N–H and O–H groups in total. The molecule has 2 aromatic carbocycles. The summed E-state index contributed by atoms with van der Waals surface area (Å²) in [5.74, 6) is -1.13. The third-order valence-electron chi connectivity index (χ3n) is 3.46. The van der Waals surface area contributed by atoms with Crippen molar-refractivity contribution in [2.24, 2.45) is 0 Å². The molecule has 0 aliphatic rings. The van der Waals surface area contributed by atoms with Crippen LogP contribution in [0.4, 0.5) is 23.4 Å². The number of ether oxygens (including phenoxy) is 1. The molecule has 0 fully saturated rings. The topological polar surface area (TPSA) is 51.2 Å².